The van der Waals surface area contributed by atoms with Crippen LogP contribution in [0.25, 0.3) is 0 Å². The summed E-state index contributed by atoms with van der Waals surface area (Å²) in [7, 11) is 0. The van der Waals surface area contributed by atoms with Gasteiger partial charge in [-0.05, 0) is 27.2 Å². The van der Waals surface area contributed by atoms with Crippen LogP contribution in [0.4, 0.5) is 0 Å². The van der Waals surface area contributed by atoms with Crippen molar-refractivity contribution >= 4 is 5.97 Å². The van der Waals surface area contributed by atoms with Gasteiger partial charge in [0.15, 0.2) is 6.29 Å². The van der Waals surface area contributed by atoms with Crippen molar-refractivity contribution in [2.45, 2.75) is 137 Å². The van der Waals surface area contributed by atoms with Crippen molar-refractivity contribution in [3.05, 3.63) is 0 Å². The number of carboxylic acids is 1. The molecule has 0 amide bonds. The van der Waals surface area contributed by atoms with E-state index >= 15 is 0 Å². The Kier molecular flexibility index (Phi) is 27.9. The van der Waals surface area contributed by atoms with Gasteiger partial charge in [-0.15, -0.1) is 0 Å². The molecule has 0 aromatic carbocycles. The Hall–Kier alpha value is -0.610. The molecule has 0 atom stereocenters. The molecule has 0 radical (unpaired) electrons. The first-order valence-corrected chi connectivity index (χ1v) is 12.0. The third-order valence-corrected chi connectivity index (χ3v) is 4.80. The summed E-state index contributed by atoms with van der Waals surface area (Å²) in [6, 6.07) is 0. The topological polar surface area (TPSA) is 55.8 Å². The zero-order valence-electron chi connectivity index (χ0n) is 19.5. The van der Waals surface area contributed by atoms with Gasteiger partial charge in [-0.3, -0.25) is 4.79 Å². The monoisotopic (exact) mass is 402 g/mol. The van der Waals surface area contributed by atoms with E-state index in [-0.39, 0.29) is 6.29 Å². The molecule has 0 bridgehead atoms. The van der Waals surface area contributed by atoms with Crippen LogP contribution >= 0.6 is 0 Å². The summed E-state index contributed by atoms with van der Waals surface area (Å²) < 4.78 is 10.1. The number of unbranched alkanes of at least 4 members (excludes halogenated alkanes) is 14. The van der Waals surface area contributed by atoms with E-state index in [0.29, 0.717) is 6.42 Å². The van der Waals surface area contributed by atoms with Crippen LogP contribution < -0.4 is 0 Å². The van der Waals surface area contributed by atoms with E-state index < -0.39 is 5.97 Å². The van der Waals surface area contributed by atoms with Gasteiger partial charge in [-0.25, -0.2) is 0 Å². The van der Waals surface area contributed by atoms with Crippen molar-refractivity contribution < 1.29 is 19.4 Å². The van der Waals surface area contributed by atoms with E-state index in [9.17, 15) is 4.79 Å². The Morgan fingerprint density at radius 2 is 0.964 bits per heavy atom. The molecule has 1 N–H and O–H groups in total. The molecule has 0 aliphatic heterocycles. The first-order valence-electron chi connectivity index (χ1n) is 12.0. The Morgan fingerprint density at radius 1 is 0.643 bits per heavy atom. The molecule has 4 heteroatoms. The molecular formula is C24H50O4. The maximum Gasteiger partial charge on any atom is 0.303 e. The average molecular weight is 403 g/mol. The van der Waals surface area contributed by atoms with Crippen molar-refractivity contribution in [1.29, 1.82) is 0 Å². The van der Waals surface area contributed by atoms with E-state index in [2.05, 4.69) is 6.92 Å². The Morgan fingerprint density at radius 3 is 1.25 bits per heavy atom. The van der Waals surface area contributed by atoms with Crippen LogP contribution in [0.3, 0.4) is 0 Å². The molecular weight excluding hydrogens is 352 g/mol. The Balaban J connectivity index is 0. The molecule has 0 aliphatic carbocycles. The lowest BCUT2D eigenvalue weighted by Gasteiger charge is -2.09. The Labute approximate surface area is 175 Å². The van der Waals surface area contributed by atoms with Crippen LogP contribution in [0, 0.1) is 0 Å². The molecule has 0 aromatic heterocycles. The SMILES string of the molecule is CCCCCCCCCCCCCCCCCC(=O)O.CCOC(C)OCC. The molecule has 0 heterocycles. The fourth-order valence-corrected chi connectivity index (χ4v) is 3.17. The van der Waals surface area contributed by atoms with E-state index in [1.807, 2.05) is 20.8 Å². The highest BCUT2D eigenvalue weighted by atomic mass is 16.7. The molecule has 0 spiro atoms. The van der Waals surface area contributed by atoms with Gasteiger partial charge in [0.2, 0.25) is 0 Å². The second kappa shape index (κ2) is 26.4. The molecule has 28 heavy (non-hydrogen) atoms. The van der Waals surface area contributed by atoms with Crippen LogP contribution in [-0.4, -0.2) is 30.6 Å². The van der Waals surface area contributed by atoms with Gasteiger partial charge < -0.3 is 14.6 Å². The van der Waals surface area contributed by atoms with E-state index in [0.717, 1.165) is 26.1 Å². The van der Waals surface area contributed by atoms with Crippen molar-refractivity contribution in [2.24, 2.45) is 0 Å². The van der Waals surface area contributed by atoms with Crippen LogP contribution in [-0.2, 0) is 14.3 Å². The summed E-state index contributed by atoms with van der Waals surface area (Å²) >= 11 is 0. The predicted octanol–water partition coefficient (Wildman–Crippen LogP) is 7.74. The van der Waals surface area contributed by atoms with Gasteiger partial charge in [0.05, 0.1) is 0 Å². The fraction of sp³-hybridized carbons (Fsp3) is 0.958. The number of carbonyl (C=O) groups is 1. The second-order valence-electron chi connectivity index (χ2n) is 7.57. The number of aliphatic carboxylic acids is 1. The first kappa shape index (κ1) is 29.6. The zero-order valence-corrected chi connectivity index (χ0v) is 19.5. The average Bonchev–Trinajstić information content (AvgIpc) is 2.65. The number of carboxylic acid groups (broad SMARTS) is 1. The summed E-state index contributed by atoms with van der Waals surface area (Å²) in [5, 5.41) is 8.52. The summed E-state index contributed by atoms with van der Waals surface area (Å²) in [6.45, 7) is 9.52. The summed E-state index contributed by atoms with van der Waals surface area (Å²) in [4.78, 5) is 10.3. The van der Waals surface area contributed by atoms with Crippen LogP contribution in [0.2, 0.25) is 0 Å². The van der Waals surface area contributed by atoms with Gasteiger partial charge in [-0.2, -0.15) is 0 Å². The fourth-order valence-electron chi connectivity index (χ4n) is 3.17. The number of ether oxygens (including phenoxy) is 2. The molecule has 0 saturated carbocycles. The highest BCUT2D eigenvalue weighted by Gasteiger charge is 1.97. The van der Waals surface area contributed by atoms with Crippen LogP contribution in [0.15, 0.2) is 0 Å². The van der Waals surface area contributed by atoms with Gasteiger partial charge in [-0.1, -0.05) is 96.8 Å². The minimum absolute atomic E-state index is 0.0370. The molecule has 4 nitrogen and oxygen atoms in total. The molecule has 0 aliphatic rings. The van der Waals surface area contributed by atoms with Gasteiger partial charge >= 0.3 is 5.97 Å². The minimum atomic E-state index is -0.653. The van der Waals surface area contributed by atoms with Crippen molar-refractivity contribution in [2.75, 3.05) is 13.2 Å². The minimum Gasteiger partial charge on any atom is -0.481 e. The second-order valence-corrected chi connectivity index (χ2v) is 7.57. The maximum atomic E-state index is 10.3. The third-order valence-electron chi connectivity index (χ3n) is 4.80. The summed E-state index contributed by atoms with van der Waals surface area (Å²) in [5.41, 5.74) is 0. The number of rotatable bonds is 20. The summed E-state index contributed by atoms with van der Waals surface area (Å²) in [5.74, 6) is -0.653. The largest absolute Gasteiger partial charge is 0.481 e. The lowest BCUT2D eigenvalue weighted by molar-refractivity contribution is -0.137. The molecule has 170 valence electrons. The quantitative estimate of drug-likeness (QED) is 0.167. The van der Waals surface area contributed by atoms with Gasteiger partial charge in [0, 0.05) is 19.6 Å². The number of hydrogen-bond acceptors (Lipinski definition) is 3. The van der Waals surface area contributed by atoms with Crippen LogP contribution in [0.1, 0.15) is 130 Å². The van der Waals surface area contributed by atoms with Gasteiger partial charge in [0.1, 0.15) is 0 Å². The normalized spacial score (nSPS) is 10.8. The van der Waals surface area contributed by atoms with E-state index in [1.165, 1.54) is 83.5 Å². The van der Waals surface area contributed by atoms with Crippen molar-refractivity contribution in [3.63, 3.8) is 0 Å². The predicted molar refractivity (Wildman–Crippen MR) is 120 cm³/mol. The number of hydrogen-bond donors (Lipinski definition) is 1. The summed E-state index contributed by atoms with van der Waals surface area (Å²) in [6.07, 6.45) is 20.2. The standard InChI is InChI=1S/C18H36O2.C6H14O2/c1-2-3-4-5-6-7-8-9-10-11-12-13-14-15-16-17-18(19)20;1-4-7-6(3)8-5-2/h2-17H2,1H3,(H,19,20);6H,4-5H2,1-3H3. The van der Waals surface area contributed by atoms with E-state index in [4.69, 9.17) is 14.6 Å². The highest BCUT2D eigenvalue weighted by Crippen LogP contribution is 2.13. The molecule has 0 aromatic rings. The molecule has 0 rings (SSSR count). The zero-order chi connectivity index (χ0) is 21.3. The van der Waals surface area contributed by atoms with E-state index in [1.54, 1.807) is 0 Å². The van der Waals surface area contributed by atoms with Crippen LogP contribution in [0.5, 0.6) is 0 Å². The third kappa shape index (κ3) is 30.1. The lowest BCUT2D eigenvalue weighted by Crippen LogP contribution is -2.11. The first-order chi connectivity index (χ1) is 13.6. The molecule has 0 unspecified atom stereocenters. The van der Waals surface area contributed by atoms with Crippen molar-refractivity contribution in [1.82, 2.24) is 0 Å². The maximum absolute atomic E-state index is 10.3. The highest BCUT2D eigenvalue weighted by molar-refractivity contribution is 5.66. The lowest BCUT2D eigenvalue weighted by atomic mass is 10.0. The van der Waals surface area contributed by atoms with Crippen molar-refractivity contribution in [3.8, 4) is 0 Å². The molecule has 0 saturated heterocycles. The molecule has 0 fully saturated rings. The van der Waals surface area contributed by atoms with Gasteiger partial charge in [0.25, 0.3) is 0 Å². The Bertz CT molecular complexity index is 288. The smallest absolute Gasteiger partial charge is 0.303 e.